The number of carbonyl (C=O) groups is 1. The number of carboxylic acid groups (broad SMARTS) is 1. The van der Waals surface area contributed by atoms with E-state index in [1.807, 2.05) is 19.9 Å². The fourth-order valence-electron chi connectivity index (χ4n) is 1.34. The summed E-state index contributed by atoms with van der Waals surface area (Å²) in [6.45, 7) is 3.89. The Labute approximate surface area is 103 Å². The summed E-state index contributed by atoms with van der Waals surface area (Å²) in [5.41, 5.74) is 1.03. The Balaban J connectivity index is 2.77. The highest BCUT2D eigenvalue weighted by Crippen LogP contribution is 2.18. The second-order valence-electron chi connectivity index (χ2n) is 3.64. The lowest BCUT2D eigenvalue weighted by molar-refractivity contribution is -0.138. The highest BCUT2D eigenvalue weighted by Gasteiger charge is 2.16. The van der Waals surface area contributed by atoms with Crippen LogP contribution in [0.3, 0.4) is 0 Å². The van der Waals surface area contributed by atoms with Crippen molar-refractivity contribution in [2.45, 2.75) is 32.7 Å². The van der Waals surface area contributed by atoms with E-state index in [-0.39, 0.29) is 0 Å². The van der Waals surface area contributed by atoms with Gasteiger partial charge in [-0.05, 0) is 40.9 Å². The van der Waals surface area contributed by atoms with E-state index >= 15 is 0 Å². The lowest BCUT2D eigenvalue weighted by atomic mass is 10.1. The first-order valence-corrected chi connectivity index (χ1v) is 5.95. The summed E-state index contributed by atoms with van der Waals surface area (Å²) in [5.74, 6) is -0.245. The van der Waals surface area contributed by atoms with Crippen molar-refractivity contribution < 1.29 is 9.90 Å². The quantitative estimate of drug-likeness (QED) is 0.874. The summed E-state index contributed by atoms with van der Waals surface area (Å²) in [4.78, 5) is 15.1. The van der Waals surface area contributed by atoms with Crippen LogP contribution >= 0.6 is 15.9 Å². The topological polar surface area (TPSA) is 62.2 Å². The molecule has 0 aromatic carbocycles. The SMILES string of the molecule is CCCC(Nc1cc(C)c(Br)cn1)C(=O)O. The second-order valence-corrected chi connectivity index (χ2v) is 4.50. The van der Waals surface area contributed by atoms with Gasteiger partial charge in [-0.3, -0.25) is 0 Å². The maximum atomic E-state index is 10.9. The van der Waals surface area contributed by atoms with Gasteiger partial charge < -0.3 is 10.4 Å². The number of aromatic nitrogens is 1. The number of hydrogen-bond donors (Lipinski definition) is 2. The van der Waals surface area contributed by atoms with Gasteiger partial charge in [0.15, 0.2) is 0 Å². The van der Waals surface area contributed by atoms with Crippen molar-refractivity contribution in [3.05, 3.63) is 22.3 Å². The summed E-state index contributed by atoms with van der Waals surface area (Å²) in [5, 5.41) is 11.9. The molecule has 16 heavy (non-hydrogen) atoms. The van der Waals surface area contributed by atoms with E-state index in [2.05, 4.69) is 26.2 Å². The molecule has 0 aliphatic rings. The molecule has 1 aromatic heterocycles. The molecular formula is C11H15BrN2O2. The minimum Gasteiger partial charge on any atom is -0.480 e. The largest absolute Gasteiger partial charge is 0.480 e. The number of hydrogen-bond acceptors (Lipinski definition) is 3. The van der Waals surface area contributed by atoms with Crippen molar-refractivity contribution in [1.82, 2.24) is 4.98 Å². The molecule has 0 aliphatic heterocycles. The first-order chi connectivity index (χ1) is 7.54. The van der Waals surface area contributed by atoms with Crippen molar-refractivity contribution in [3.8, 4) is 0 Å². The molecule has 0 saturated carbocycles. The normalized spacial score (nSPS) is 12.2. The maximum absolute atomic E-state index is 10.9. The van der Waals surface area contributed by atoms with Crippen molar-refractivity contribution in [3.63, 3.8) is 0 Å². The average Bonchev–Trinajstić information content (AvgIpc) is 2.22. The molecule has 2 N–H and O–H groups in total. The van der Waals surface area contributed by atoms with Crippen molar-refractivity contribution >= 4 is 27.7 Å². The number of carboxylic acids is 1. The molecule has 0 bridgehead atoms. The second kappa shape index (κ2) is 5.84. The van der Waals surface area contributed by atoms with Crippen LogP contribution in [-0.2, 0) is 4.79 Å². The number of pyridine rings is 1. The molecule has 4 nitrogen and oxygen atoms in total. The number of nitrogens with one attached hydrogen (secondary N) is 1. The fourth-order valence-corrected chi connectivity index (χ4v) is 1.56. The van der Waals surface area contributed by atoms with Crippen LogP contribution in [0.4, 0.5) is 5.82 Å². The van der Waals surface area contributed by atoms with Gasteiger partial charge in [-0.15, -0.1) is 0 Å². The molecule has 1 unspecified atom stereocenters. The maximum Gasteiger partial charge on any atom is 0.326 e. The van der Waals surface area contributed by atoms with Crippen molar-refractivity contribution in [2.24, 2.45) is 0 Å². The lowest BCUT2D eigenvalue weighted by Crippen LogP contribution is -2.29. The Morgan fingerprint density at radius 3 is 2.88 bits per heavy atom. The minimum absolute atomic E-state index is 0.571. The smallest absolute Gasteiger partial charge is 0.326 e. The van der Waals surface area contributed by atoms with Crippen molar-refractivity contribution in [1.29, 1.82) is 0 Å². The van der Waals surface area contributed by atoms with E-state index in [0.717, 1.165) is 16.5 Å². The van der Waals surface area contributed by atoms with Crippen LogP contribution < -0.4 is 5.32 Å². The molecule has 0 aliphatic carbocycles. The third kappa shape index (κ3) is 3.48. The third-order valence-corrected chi connectivity index (χ3v) is 3.07. The van der Waals surface area contributed by atoms with Crippen LogP contribution in [0.15, 0.2) is 16.7 Å². The predicted octanol–water partition coefficient (Wildman–Crippen LogP) is 2.82. The number of anilines is 1. The minimum atomic E-state index is -0.843. The third-order valence-electron chi connectivity index (χ3n) is 2.24. The number of aliphatic carboxylic acids is 1. The zero-order valence-electron chi connectivity index (χ0n) is 9.33. The zero-order chi connectivity index (χ0) is 12.1. The number of aryl methyl sites for hydroxylation is 1. The van der Waals surface area contributed by atoms with Gasteiger partial charge in [0.1, 0.15) is 11.9 Å². The Morgan fingerprint density at radius 1 is 1.69 bits per heavy atom. The molecule has 0 saturated heterocycles. The molecule has 0 fully saturated rings. The molecule has 0 amide bonds. The van der Waals surface area contributed by atoms with E-state index in [4.69, 9.17) is 5.11 Å². The molecule has 1 heterocycles. The Kier molecular flexibility index (Phi) is 4.73. The number of nitrogens with zero attached hydrogens (tertiary/aromatic N) is 1. The van der Waals surface area contributed by atoms with Crippen LogP contribution in [0.5, 0.6) is 0 Å². The predicted molar refractivity (Wildman–Crippen MR) is 66.6 cm³/mol. The van der Waals surface area contributed by atoms with Crippen LogP contribution in [0.2, 0.25) is 0 Å². The molecule has 1 aromatic rings. The van der Waals surface area contributed by atoms with Gasteiger partial charge in [-0.2, -0.15) is 0 Å². The standard InChI is InChI=1S/C11H15BrN2O2/c1-3-4-9(11(15)16)14-10-5-7(2)8(12)6-13-10/h5-6,9H,3-4H2,1-2H3,(H,13,14)(H,15,16). The summed E-state index contributed by atoms with van der Waals surface area (Å²) in [7, 11) is 0. The van der Waals surface area contributed by atoms with Gasteiger partial charge >= 0.3 is 5.97 Å². The van der Waals surface area contributed by atoms with Gasteiger partial charge in [0, 0.05) is 10.7 Å². The van der Waals surface area contributed by atoms with Crippen LogP contribution in [-0.4, -0.2) is 22.1 Å². The molecule has 88 valence electrons. The average molecular weight is 287 g/mol. The van der Waals surface area contributed by atoms with Crippen LogP contribution in [0.25, 0.3) is 0 Å². The molecule has 1 atom stereocenters. The highest BCUT2D eigenvalue weighted by atomic mass is 79.9. The first kappa shape index (κ1) is 13.0. The molecule has 5 heteroatoms. The molecule has 0 spiro atoms. The lowest BCUT2D eigenvalue weighted by Gasteiger charge is -2.14. The monoisotopic (exact) mass is 286 g/mol. The molecule has 1 rings (SSSR count). The van der Waals surface area contributed by atoms with Gasteiger partial charge in [0.25, 0.3) is 0 Å². The van der Waals surface area contributed by atoms with E-state index in [9.17, 15) is 4.79 Å². The number of halogens is 1. The van der Waals surface area contributed by atoms with Gasteiger partial charge in [0.05, 0.1) is 0 Å². The molecule has 0 radical (unpaired) electrons. The highest BCUT2D eigenvalue weighted by molar-refractivity contribution is 9.10. The summed E-state index contributed by atoms with van der Waals surface area (Å²) < 4.78 is 0.917. The van der Waals surface area contributed by atoms with Gasteiger partial charge in [-0.25, -0.2) is 9.78 Å². The van der Waals surface area contributed by atoms with Gasteiger partial charge in [-0.1, -0.05) is 13.3 Å². The zero-order valence-corrected chi connectivity index (χ0v) is 10.9. The van der Waals surface area contributed by atoms with E-state index < -0.39 is 12.0 Å². The van der Waals surface area contributed by atoms with E-state index in [1.165, 1.54) is 0 Å². The first-order valence-electron chi connectivity index (χ1n) is 5.16. The fraction of sp³-hybridized carbons (Fsp3) is 0.455. The Hall–Kier alpha value is -1.10. The van der Waals surface area contributed by atoms with Gasteiger partial charge in [0.2, 0.25) is 0 Å². The van der Waals surface area contributed by atoms with Crippen molar-refractivity contribution in [2.75, 3.05) is 5.32 Å². The van der Waals surface area contributed by atoms with E-state index in [0.29, 0.717) is 12.2 Å². The molecular weight excluding hydrogens is 272 g/mol. The Morgan fingerprint density at radius 2 is 2.38 bits per heavy atom. The summed E-state index contributed by atoms with van der Waals surface area (Å²) >= 11 is 3.35. The van der Waals surface area contributed by atoms with Crippen LogP contribution in [0, 0.1) is 6.92 Å². The van der Waals surface area contributed by atoms with E-state index in [1.54, 1.807) is 6.20 Å². The summed E-state index contributed by atoms with van der Waals surface area (Å²) in [6, 6.07) is 1.26. The van der Waals surface area contributed by atoms with Crippen LogP contribution in [0.1, 0.15) is 25.3 Å². The Bertz CT molecular complexity index is 382. The summed E-state index contributed by atoms with van der Waals surface area (Å²) in [6.07, 6.45) is 3.08. The number of rotatable bonds is 5.